The molecule has 0 aliphatic heterocycles. The van der Waals surface area contributed by atoms with E-state index in [0.717, 1.165) is 0 Å². The molecule has 0 spiro atoms. The fourth-order valence-corrected chi connectivity index (χ4v) is 1.43. The summed E-state index contributed by atoms with van der Waals surface area (Å²) in [4.78, 5) is 27.3. The van der Waals surface area contributed by atoms with Gasteiger partial charge < -0.3 is 14.8 Å². The third-order valence-corrected chi connectivity index (χ3v) is 2.41. The molecule has 1 unspecified atom stereocenters. The first-order chi connectivity index (χ1) is 8.63. The van der Waals surface area contributed by atoms with Crippen molar-refractivity contribution >= 4 is 11.9 Å². The number of hydrogen-bond acceptors (Lipinski definition) is 5. The van der Waals surface area contributed by atoms with E-state index in [1.54, 1.807) is 19.1 Å². The first-order valence-corrected chi connectivity index (χ1v) is 5.51. The molecule has 1 aromatic heterocycles. The molecule has 6 heteroatoms. The summed E-state index contributed by atoms with van der Waals surface area (Å²) < 4.78 is 9.58. The summed E-state index contributed by atoms with van der Waals surface area (Å²) in [6.45, 7) is 1.78. The number of amides is 1. The second kappa shape index (κ2) is 6.58. The minimum absolute atomic E-state index is 0.217. The Morgan fingerprint density at radius 3 is 2.72 bits per heavy atom. The highest BCUT2D eigenvalue weighted by molar-refractivity contribution is 5.98. The molecule has 98 valence electrons. The largest absolute Gasteiger partial charge is 0.480 e. The first-order valence-electron chi connectivity index (χ1n) is 5.51. The third kappa shape index (κ3) is 3.19. The van der Waals surface area contributed by atoms with Crippen LogP contribution in [0.5, 0.6) is 5.88 Å². The Morgan fingerprint density at radius 1 is 1.44 bits per heavy atom. The van der Waals surface area contributed by atoms with Crippen molar-refractivity contribution in [1.82, 2.24) is 10.3 Å². The van der Waals surface area contributed by atoms with Gasteiger partial charge in [-0.05, 0) is 18.6 Å². The summed E-state index contributed by atoms with van der Waals surface area (Å²) >= 11 is 0. The van der Waals surface area contributed by atoms with Crippen LogP contribution < -0.4 is 10.1 Å². The highest BCUT2D eigenvalue weighted by atomic mass is 16.5. The molecule has 0 saturated carbocycles. The van der Waals surface area contributed by atoms with Crippen LogP contribution >= 0.6 is 0 Å². The summed E-state index contributed by atoms with van der Waals surface area (Å²) in [5.41, 5.74) is 0.280. The molecule has 1 amide bonds. The molecule has 0 aliphatic carbocycles. The van der Waals surface area contributed by atoms with Crippen LogP contribution in [0.3, 0.4) is 0 Å². The van der Waals surface area contributed by atoms with Crippen LogP contribution in [-0.4, -0.2) is 37.1 Å². The van der Waals surface area contributed by atoms with Crippen molar-refractivity contribution in [1.29, 1.82) is 0 Å². The molecule has 1 rings (SSSR count). The first kappa shape index (κ1) is 14.0. The number of carbonyl (C=O) groups excluding carboxylic acids is 2. The molecule has 18 heavy (non-hydrogen) atoms. The highest BCUT2D eigenvalue weighted by Gasteiger charge is 2.22. The van der Waals surface area contributed by atoms with E-state index in [9.17, 15) is 9.59 Å². The third-order valence-electron chi connectivity index (χ3n) is 2.41. The smallest absolute Gasteiger partial charge is 0.328 e. The van der Waals surface area contributed by atoms with Crippen LogP contribution in [0.25, 0.3) is 0 Å². The average molecular weight is 252 g/mol. The van der Waals surface area contributed by atoms with Gasteiger partial charge in [0.05, 0.1) is 14.2 Å². The number of nitrogens with one attached hydrogen (secondary N) is 1. The summed E-state index contributed by atoms with van der Waals surface area (Å²) in [5, 5.41) is 2.57. The number of carbonyl (C=O) groups is 2. The number of aromatic nitrogens is 1. The van der Waals surface area contributed by atoms with E-state index in [1.807, 2.05) is 0 Å². The predicted molar refractivity (Wildman–Crippen MR) is 64.4 cm³/mol. The maximum atomic E-state index is 12.0. The van der Waals surface area contributed by atoms with Crippen molar-refractivity contribution in [2.24, 2.45) is 0 Å². The van der Waals surface area contributed by atoms with Gasteiger partial charge in [-0.25, -0.2) is 9.78 Å². The normalized spacial score (nSPS) is 11.5. The number of ether oxygens (including phenoxy) is 2. The number of pyridine rings is 1. The van der Waals surface area contributed by atoms with E-state index < -0.39 is 17.9 Å². The molecule has 1 heterocycles. The lowest BCUT2D eigenvalue weighted by Crippen LogP contribution is -2.41. The molecule has 0 radical (unpaired) electrons. The van der Waals surface area contributed by atoms with Crippen LogP contribution in [0.4, 0.5) is 0 Å². The standard InChI is InChI=1S/C12H16N2O4/c1-4-9(12(16)18-3)14-10(15)8-6-5-7-13-11(8)17-2/h5-7,9H,4H2,1-3H3,(H,14,15). The zero-order chi connectivity index (χ0) is 13.5. The van der Waals surface area contributed by atoms with Crippen molar-refractivity contribution in [2.45, 2.75) is 19.4 Å². The van der Waals surface area contributed by atoms with Gasteiger partial charge in [-0.2, -0.15) is 0 Å². The Bertz CT molecular complexity index is 434. The molecule has 0 saturated heterocycles. The summed E-state index contributed by atoms with van der Waals surface area (Å²) in [6, 6.07) is 2.52. The van der Waals surface area contributed by atoms with Crippen LogP contribution in [0.15, 0.2) is 18.3 Å². The van der Waals surface area contributed by atoms with Gasteiger partial charge in [0.2, 0.25) is 5.88 Å². The second-order valence-electron chi connectivity index (χ2n) is 3.52. The van der Waals surface area contributed by atoms with Crippen molar-refractivity contribution in [3.8, 4) is 5.88 Å². The highest BCUT2D eigenvalue weighted by Crippen LogP contribution is 2.13. The van der Waals surface area contributed by atoms with Crippen molar-refractivity contribution < 1.29 is 19.1 Å². The van der Waals surface area contributed by atoms with Crippen LogP contribution in [0.1, 0.15) is 23.7 Å². The molecule has 0 aliphatic rings. The molecule has 1 aromatic rings. The average Bonchev–Trinajstić information content (AvgIpc) is 2.43. The zero-order valence-corrected chi connectivity index (χ0v) is 10.6. The number of methoxy groups -OCH3 is 2. The van der Waals surface area contributed by atoms with Gasteiger partial charge in [0.25, 0.3) is 5.91 Å². The number of esters is 1. The molecule has 1 atom stereocenters. The van der Waals surface area contributed by atoms with E-state index in [-0.39, 0.29) is 11.4 Å². The lowest BCUT2D eigenvalue weighted by atomic mass is 10.2. The van der Waals surface area contributed by atoms with E-state index in [4.69, 9.17) is 4.74 Å². The van der Waals surface area contributed by atoms with Crippen molar-refractivity contribution in [2.75, 3.05) is 14.2 Å². The quantitative estimate of drug-likeness (QED) is 0.783. The number of hydrogen-bond donors (Lipinski definition) is 1. The molecular weight excluding hydrogens is 236 g/mol. The Labute approximate surface area is 105 Å². The van der Waals surface area contributed by atoms with Crippen molar-refractivity contribution in [3.63, 3.8) is 0 Å². The second-order valence-corrected chi connectivity index (χ2v) is 3.52. The number of rotatable bonds is 5. The molecule has 0 fully saturated rings. The summed E-state index contributed by atoms with van der Waals surface area (Å²) in [5.74, 6) is -0.680. The van der Waals surface area contributed by atoms with Crippen LogP contribution in [0, 0.1) is 0 Å². The molecule has 6 nitrogen and oxygen atoms in total. The fraction of sp³-hybridized carbons (Fsp3) is 0.417. The Kier molecular flexibility index (Phi) is 5.10. The zero-order valence-electron chi connectivity index (χ0n) is 10.6. The molecule has 1 N–H and O–H groups in total. The Morgan fingerprint density at radius 2 is 2.17 bits per heavy atom. The van der Waals surface area contributed by atoms with Gasteiger partial charge in [-0.3, -0.25) is 4.79 Å². The maximum Gasteiger partial charge on any atom is 0.328 e. The van der Waals surface area contributed by atoms with Gasteiger partial charge in [0.15, 0.2) is 0 Å². The molecular formula is C12H16N2O4. The van der Waals surface area contributed by atoms with Gasteiger partial charge >= 0.3 is 5.97 Å². The van der Waals surface area contributed by atoms with Gasteiger partial charge in [-0.15, -0.1) is 0 Å². The lowest BCUT2D eigenvalue weighted by molar-refractivity contribution is -0.142. The van der Waals surface area contributed by atoms with Crippen molar-refractivity contribution in [3.05, 3.63) is 23.9 Å². The Hall–Kier alpha value is -2.11. The van der Waals surface area contributed by atoms with E-state index in [2.05, 4.69) is 15.0 Å². The minimum Gasteiger partial charge on any atom is -0.480 e. The maximum absolute atomic E-state index is 12.0. The monoisotopic (exact) mass is 252 g/mol. The Balaban J connectivity index is 2.84. The van der Waals surface area contributed by atoms with E-state index in [1.165, 1.54) is 20.4 Å². The molecule has 0 aromatic carbocycles. The topological polar surface area (TPSA) is 77.5 Å². The van der Waals surface area contributed by atoms with E-state index in [0.29, 0.717) is 6.42 Å². The van der Waals surface area contributed by atoms with Crippen LogP contribution in [0.2, 0.25) is 0 Å². The fourth-order valence-electron chi connectivity index (χ4n) is 1.43. The van der Waals surface area contributed by atoms with Gasteiger partial charge in [0.1, 0.15) is 11.6 Å². The predicted octanol–water partition coefficient (Wildman–Crippen LogP) is 0.772. The van der Waals surface area contributed by atoms with Gasteiger partial charge in [-0.1, -0.05) is 6.92 Å². The SMILES string of the molecule is CCC(NC(=O)c1cccnc1OC)C(=O)OC. The number of nitrogens with zero attached hydrogens (tertiary/aromatic N) is 1. The van der Waals surface area contributed by atoms with E-state index >= 15 is 0 Å². The molecule has 0 bridgehead atoms. The minimum atomic E-state index is -0.674. The summed E-state index contributed by atoms with van der Waals surface area (Å²) in [6.07, 6.45) is 1.97. The summed E-state index contributed by atoms with van der Waals surface area (Å²) in [7, 11) is 2.71. The van der Waals surface area contributed by atoms with Gasteiger partial charge in [0, 0.05) is 6.20 Å². The van der Waals surface area contributed by atoms with Crippen LogP contribution in [-0.2, 0) is 9.53 Å². The lowest BCUT2D eigenvalue weighted by Gasteiger charge is -2.15.